The minimum absolute atomic E-state index is 0.102. The molecule has 2 fully saturated rings. The number of Topliss-reactive ketones (excluding diaryl/α,β-unsaturated/α-hetero) is 1. The van der Waals surface area contributed by atoms with E-state index < -0.39 is 20.8 Å². The van der Waals surface area contributed by atoms with E-state index >= 15 is 0 Å². The second kappa shape index (κ2) is 3.07. The third-order valence-electron chi connectivity index (χ3n) is 5.02. The van der Waals surface area contributed by atoms with Crippen molar-refractivity contribution in [3.63, 3.8) is 0 Å². The van der Waals surface area contributed by atoms with Crippen molar-refractivity contribution in [1.82, 2.24) is 0 Å². The molecule has 0 aliphatic heterocycles. The first kappa shape index (κ1) is 12.0. The lowest BCUT2D eigenvalue weighted by molar-refractivity contribution is -0.128. The van der Waals surface area contributed by atoms with Crippen molar-refractivity contribution in [2.75, 3.05) is 7.11 Å². The quantitative estimate of drug-likeness (QED) is 0.690. The van der Waals surface area contributed by atoms with Gasteiger partial charge in [-0.05, 0) is 24.2 Å². The van der Waals surface area contributed by atoms with Gasteiger partial charge in [-0.15, -0.1) is 0 Å². The summed E-state index contributed by atoms with van der Waals surface area (Å²) in [7, 11) is -2.61. The molecule has 5 heteroatoms. The first-order chi connectivity index (χ1) is 7.18. The Balaban J connectivity index is 2.53. The van der Waals surface area contributed by atoms with E-state index in [4.69, 9.17) is 0 Å². The van der Waals surface area contributed by atoms with Gasteiger partial charge >= 0.3 is 0 Å². The lowest BCUT2D eigenvalue weighted by Crippen LogP contribution is -2.39. The van der Waals surface area contributed by atoms with E-state index in [1.807, 2.05) is 20.8 Å². The molecule has 0 aromatic heterocycles. The largest absolute Gasteiger partial charge is 0.297 e. The number of carbonyl (C=O) groups excluding carboxylic acids is 1. The predicted octanol–water partition coefficient (Wildman–Crippen LogP) is 1.36. The standard InChI is InChI=1S/C11H18O4S/c1-10(2)7-5-6-11(10,3)9(12)8(7)16(13,14)15-4/h7-8H,5-6H2,1-4H3/t7-,8+,11+/m0/s1. The zero-order valence-electron chi connectivity index (χ0n) is 10.1. The van der Waals surface area contributed by atoms with Crippen LogP contribution in [0.4, 0.5) is 0 Å². The summed E-state index contributed by atoms with van der Waals surface area (Å²) in [6.07, 6.45) is 1.59. The van der Waals surface area contributed by atoms with Gasteiger partial charge in [0, 0.05) is 5.41 Å². The molecule has 0 N–H and O–H groups in total. The maximum Gasteiger partial charge on any atom is 0.277 e. The molecular weight excluding hydrogens is 228 g/mol. The Kier molecular flexibility index (Phi) is 2.31. The monoisotopic (exact) mass is 246 g/mol. The molecule has 2 bridgehead atoms. The zero-order chi connectivity index (χ0) is 12.4. The maximum atomic E-state index is 12.3. The van der Waals surface area contributed by atoms with Crippen LogP contribution in [-0.2, 0) is 19.1 Å². The van der Waals surface area contributed by atoms with Crippen molar-refractivity contribution in [3.8, 4) is 0 Å². The van der Waals surface area contributed by atoms with Gasteiger partial charge in [-0.3, -0.25) is 8.98 Å². The highest BCUT2D eigenvalue weighted by Crippen LogP contribution is 2.64. The second-order valence-corrected chi connectivity index (χ2v) is 7.47. The molecule has 2 aliphatic rings. The molecule has 16 heavy (non-hydrogen) atoms. The van der Waals surface area contributed by atoms with E-state index in [1.165, 1.54) is 0 Å². The number of hydrogen-bond donors (Lipinski definition) is 0. The van der Waals surface area contributed by atoms with E-state index in [9.17, 15) is 13.2 Å². The van der Waals surface area contributed by atoms with Crippen LogP contribution in [0.3, 0.4) is 0 Å². The van der Waals surface area contributed by atoms with Crippen LogP contribution in [0.25, 0.3) is 0 Å². The highest BCUT2D eigenvalue weighted by atomic mass is 32.2. The van der Waals surface area contributed by atoms with Crippen molar-refractivity contribution in [2.24, 2.45) is 16.7 Å². The van der Waals surface area contributed by atoms with Crippen molar-refractivity contribution >= 4 is 15.9 Å². The molecule has 0 spiro atoms. The van der Waals surface area contributed by atoms with Gasteiger partial charge in [0.05, 0.1) is 7.11 Å². The van der Waals surface area contributed by atoms with Crippen molar-refractivity contribution in [3.05, 3.63) is 0 Å². The van der Waals surface area contributed by atoms with Gasteiger partial charge in [0.1, 0.15) is 5.25 Å². The normalized spacial score (nSPS) is 41.6. The zero-order valence-corrected chi connectivity index (χ0v) is 10.9. The molecular formula is C11H18O4S. The fraction of sp³-hybridized carbons (Fsp3) is 0.909. The highest BCUT2D eigenvalue weighted by Gasteiger charge is 2.69. The second-order valence-electron chi connectivity index (χ2n) is 5.64. The van der Waals surface area contributed by atoms with Gasteiger partial charge in [-0.25, -0.2) is 0 Å². The van der Waals surface area contributed by atoms with Gasteiger partial charge in [0.25, 0.3) is 10.1 Å². The molecule has 2 rings (SSSR count). The molecule has 4 nitrogen and oxygen atoms in total. The Hall–Kier alpha value is -0.420. The van der Waals surface area contributed by atoms with Crippen molar-refractivity contribution in [1.29, 1.82) is 0 Å². The van der Waals surface area contributed by atoms with Crippen LogP contribution in [-0.4, -0.2) is 26.6 Å². The Labute approximate surface area is 96.5 Å². The SMILES string of the molecule is COS(=O)(=O)[C@H]1C(=O)[C@@]2(C)CC[C@@H]1C2(C)C. The molecule has 0 unspecified atom stereocenters. The van der Waals surface area contributed by atoms with Gasteiger partial charge in [0.2, 0.25) is 0 Å². The molecule has 0 amide bonds. The minimum atomic E-state index is -3.74. The summed E-state index contributed by atoms with van der Waals surface area (Å²) in [6, 6.07) is 0. The van der Waals surface area contributed by atoms with Crippen LogP contribution in [0, 0.1) is 16.7 Å². The Morgan fingerprint density at radius 2 is 1.88 bits per heavy atom. The van der Waals surface area contributed by atoms with E-state index in [1.54, 1.807) is 0 Å². The summed E-state index contributed by atoms with van der Waals surface area (Å²) in [5, 5.41) is -0.953. The van der Waals surface area contributed by atoms with Crippen LogP contribution in [0.2, 0.25) is 0 Å². The molecule has 3 atom stereocenters. The summed E-state index contributed by atoms with van der Waals surface area (Å²) in [5.74, 6) is -0.259. The number of ketones is 1. The third kappa shape index (κ3) is 1.13. The first-order valence-electron chi connectivity index (χ1n) is 5.52. The number of rotatable bonds is 2. The summed E-state index contributed by atoms with van der Waals surface area (Å²) in [4.78, 5) is 12.3. The van der Waals surface area contributed by atoms with E-state index in [-0.39, 0.29) is 17.1 Å². The lowest BCUT2D eigenvalue weighted by Gasteiger charge is -2.32. The number of carbonyl (C=O) groups is 1. The Morgan fingerprint density at radius 3 is 2.25 bits per heavy atom. The molecule has 0 radical (unpaired) electrons. The van der Waals surface area contributed by atoms with Gasteiger partial charge in [-0.2, -0.15) is 8.42 Å². The maximum absolute atomic E-state index is 12.3. The fourth-order valence-electron chi connectivity index (χ4n) is 3.44. The minimum Gasteiger partial charge on any atom is -0.297 e. The average Bonchev–Trinajstić information content (AvgIpc) is 2.49. The lowest BCUT2D eigenvalue weighted by atomic mass is 9.70. The van der Waals surface area contributed by atoms with Crippen LogP contribution in [0.5, 0.6) is 0 Å². The predicted molar refractivity (Wildman–Crippen MR) is 59.3 cm³/mol. The Bertz CT molecular complexity index is 437. The molecule has 0 saturated heterocycles. The Morgan fingerprint density at radius 1 is 1.31 bits per heavy atom. The van der Waals surface area contributed by atoms with Crippen molar-refractivity contribution in [2.45, 2.75) is 38.9 Å². The molecule has 0 aromatic rings. The molecule has 0 aromatic carbocycles. The highest BCUT2D eigenvalue weighted by molar-refractivity contribution is 7.88. The average molecular weight is 246 g/mol. The molecule has 2 saturated carbocycles. The third-order valence-corrected chi connectivity index (χ3v) is 6.64. The van der Waals surface area contributed by atoms with Crippen LogP contribution in [0.15, 0.2) is 0 Å². The topological polar surface area (TPSA) is 60.4 Å². The van der Waals surface area contributed by atoms with Crippen molar-refractivity contribution < 1.29 is 17.4 Å². The molecule has 2 aliphatic carbocycles. The summed E-state index contributed by atoms with van der Waals surface area (Å²) >= 11 is 0. The number of hydrogen-bond acceptors (Lipinski definition) is 4. The first-order valence-corrected chi connectivity index (χ1v) is 6.99. The van der Waals surface area contributed by atoms with E-state index in [2.05, 4.69) is 4.18 Å². The molecule has 92 valence electrons. The van der Waals surface area contributed by atoms with Gasteiger partial charge in [0.15, 0.2) is 5.78 Å². The number of fused-ring (bicyclic) bond motifs is 2. The molecule has 0 heterocycles. The van der Waals surface area contributed by atoms with E-state index in [0.29, 0.717) is 0 Å². The van der Waals surface area contributed by atoms with Crippen LogP contribution >= 0.6 is 0 Å². The summed E-state index contributed by atoms with van der Waals surface area (Å²) < 4.78 is 28.1. The van der Waals surface area contributed by atoms with Crippen LogP contribution in [0.1, 0.15) is 33.6 Å². The summed E-state index contributed by atoms with van der Waals surface area (Å²) in [6.45, 7) is 5.88. The summed E-state index contributed by atoms with van der Waals surface area (Å²) in [5.41, 5.74) is -0.756. The smallest absolute Gasteiger partial charge is 0.277 e. The fourth-order valence-corrected chi connectivity index (χ4v) is 5.05. The van der Waals surface area contributed by atoms with Crippen LogP contribution < -0.4 is 0 Å². The van der Waals surface area contributed by atoms with Gasteiger partial charge < -0.3 is 0 Å². The van der Waals surface area contributed by atoms with E-state index in [0.717, 1.165) is 20.0 Å². The van der Waals surface area contributed by atoms with Gasteiger partial charge in [-0.1, -0.05) is 20.8 Å².